The van der Waals surface area contributed by atoms with Gasteiger partial charge in [-0.05, 0) is 47.4 Å². The normalized spacial score (nSPS) is 21.2. The van der Waals surface area contributed by atoms with Crippen LogP contribution in [0.3, 0.4) is 0 Å². The maximum absolute atomic E-state index is 12.8. The van der Waals surface area contributed by atoms with Crippen LogP contribution in [0.4, 0.5) is 32.0 Å². The fourth-order valence-corrected chi connectivity index (χ4v) is 4.63. The minimum Gasteiger partial charge on any atom is -0.475 e. The number of anilines is 1. The number of carbonyl (C=O) groups excluding carboxylic acids is 1. The Morgan fingerprint density at radius 1 is 1.08 bits per heavy atom. The highest BCUT2D eigenvalue weighted by Crippen LogP contribution is 2.34. The van der Waals surface area contributed by atoms with Gasteiger partial charge in [-0.25, -0.2) is 9.59 Å². The topological polar surface area (TPSA) is 129 Å². The van der Waals surface area contributed by atoms with Crippen molar-refractivity contribution < 1.29 is 55.7 Å². The van der Waals surface area contributed by atoms with Crippen molar-refractivity contribution >= 4 is 34.9 Å². The molecule has 9 nitrogen and oxygen atoms in total. The summed E-state index contributed by atoms with van der Waals surface area (Å²) in [5, 5.41) is 21.6. The van der Waals surface area contributed by atoms with Gasteiger partial charge in [-0.1, -0.05) is 0 Å². The summed E-state index contributed by atoms with van der Waals surface area (Å²) in [5.74, 6) is -5.15. The largest absolute Gasteiger partial charge is 0.490 e. The fourth-order valence-electron chi connectivity index (χ4n) is 3.97. The number of amides is 1. The van der Waals surface area contributed by atoms with Crippen molar-refractivity contribution in [1.82, 2.24) is 9.88 Å². The predicted octanol–water partition coefficient (Wildman–Crippen LogP) is 4.28. The van der Waals surface area contributed by atoms with E-state index in [9.17, 15) is 31.1 Å². The molecular weight excluding hydrogens is 560 g/mol. The van der Waals surface area contributed by atoms with Crippen molar-refractivity contribution in [3.05, 3.63) is 46.9 Å². The third kappa shape index (κ3) is 10.8. The third-order valence-corrected chi connectivity index (χ3v) is 6.42. The van der Waals surface area contributed by atoms with E-state index in [4.69, 9.17) is 24.5 Å². The average Bonchev–Trinajstić information content (AvgIpc) is 3.37. The third-order valence-electron chi connectivity index (χ3n) is 5.69. The molecule has 0 saturated carbocycles. The van der Waals surface area contributed by atoms with E-state index < -0.39 is 24.3 Å². The number of alkyl halides is 6. The minimum atomic E-state index is -5.08. The van der Waals surface area contributed by atoms with Crippen LogP contribution < -0.4 is 5.32 Å². The minimum absolute atomic E-state index is 0.00392. The van der Waals surface area contributed by atoms with Gasteiger partial charge in [0.25, 0.3) is 0 Å². The number of carbonyl (C=O) groups is 3. The molecule has 2 saturated heterocycles. The molecule has 3 atom stereocenters. The van der Waals surface area contributed by atoms with Crippen molar-refractivity contribution in [3.8, 4) is 0 Å². The molecule has 0 aromatic carbocycles. The maximum Gasteiger partial charge on any atom is 0.490 e. The second kappa shape index (κ2) is 14.2. The van der Waals surface area contributed by atoms with E-state index in [0.29, 0.717) is 6.61 Å². The Labute approximate surface area is 222 Å². The van der Waals surface area contributed by atoms with Gasteiger partial charge in [0, 0.05) is 44.3 Å². The van der Waals surface area contributed by atoms with Crippen molar-refractivity contribution in [2.24, 2.45) is 11.8 Å². The second-order valence-electron chi connectivity index (χ2n) is 8.46. The quantitative estimate of drug-likeness (QED) is 0.454. The number of aromatic nitrogens is 1. The van der Waals surface area contributed by atoms with Crippen LogP contribution in [-0.2, 0) is 25.7 Å². The van der Waals surface area contributed by atoms with E-state index in [2.05, 4.69) is 32.0 Å². The molecule has 2 aliphatic heterocycles. The van der Waals surface area contributed by atoms with Crippen LogP contribution in [0.2, 0.25) is 0 Å². The molecule has 2 aromatic rings. The molecule has 216 valence electrons. The van der Waals surface area contributed by atoms with Gasteiger partial charge in [-0.2, -0.15) is 37.7 Å². The van der Waals surface area contributed by atoms with Crippen LogP contribution in [0.15, 0.2) is 41.4 Å². The molecule has 0 spiro atoms. The Morgan fingerprint density at radius 3 is 2.23 bits per heavy atom. The second-order valence-corrected chi connectivity index (χ2v) is 9.24. The van der Waals surface area contributed by atoms with E-state index in [1.54, 1.807) is 23.7 Å². The van der Waals surface area contributed by atoms with Gasteiger partial charge in [0.1, 0.15) is 0 Å². The van der Waals surface area contributed by atoms with Crippen molar-refractivity contribution in [1.29, 1.82) is 0 Å². The number of hydrogen-bond acceptors (Lipinski definition) is 7. The number of carboxylic acids is 2. The smallest absolute Gasteiger partial charge is 0.475 e. The molecule has 39 heavy (non-hydrogen) atoms. The first kappa shape index (κ1) is 32.0. The molecule has 4 heterocycles. The summed E-state index contributed by atoms with van der Waals surface area (Å²) in [6.07, 6.45) is -4.76. The summed E-state index contributed by atoms with van der Waals surface area (Å²) in [6.45, 7) is 3.60. The molecule has 3 N–H and O–H groups in total. The van der Waals surface area contributed by atoms with Crippen molar-refractivity contribution in [2.75, 3.05) is 25.0 Å². The van der Waals surface area contributed by atoms with Crippen molar-refractivity contribution in [2.45, 2.75) is 37.8 Å². The number of pyridine rings is 1. The lowest BCUT2D eigenvalue weighted by Gasteiger charge is -2.44. The van der Waals surface area contributed by atoms with Crippen LogP contribution in [-0.4, -0.2) is 76.1 Å². The number of nitrogens with zero attached hydrogens (tertiary/aromatic N) is 2. The molecule has 0 bridgehead atoms. The number of hydrogen-bond donors (Lipinski definition) is 3. The zero-order valence-electron chi connectivity index (χ0n) is 20.1. The lowest BCUT2D eigenvalue weighted by molar-refractivity contribution is -0.193. The number of carboxylic acid groups (broad SMARTS) is 2. The van der Waals surface area contributed by atoms with Gasteiger partial charge in [-0.3, -0.25) is 14.7 Å². The molecular formula is C23H25F6N3O6S. The van der Waals surface area contributed by atoms with Crippen LogP contribution in [0.5, 0.6) is 0 Å². The summed E-state index contributed by atoms with van der Waals surface area (Å²) in [7, 11) is 0. The van der Waals surface area contributed by atoms with E-state index in [-0.39, 0.29) is 23.8 Å². The molecule has 2 aromatic heterocycles. The number of likely N-dealkylation sites (tertiary alicyclic amines) is 1. The number of thiophene rings is 1. The van der Waals surface area contributed by atoms with Crippen molar-refractivity contribution in [3.63, 3.8) is 0 Å². The summed E-state index contributed by atoms with van der Waals surface area (Å²) in [5.41, 5.74) is 2.12. The summed E-state index contributed by atoms with van der Waals surface area (Å²) in [6, 6.07) is 5.90. The van der Waals surface area contributed by atoms with Gasteiger partial charge in [0.05, 0.1) is 18.0 Å². The number of halogens is 6. The molecule has 2 fully saturated rings. The van der Waals surface area contributed by atoms with Gasteiger partial charge >= 0.3 is 24.3 Å². The monoisotopic (exact) mass is 585 g/mol. The molecule has 0 radical (unpaired) electrons. The first-order valence-electron chi connectivity index (χ1n) is 11.3. The van der Waals surface area contributed by atoms with Crippen LogP contribution in [0, 0.1) is 11.8 Å². The molecule has 1 amide bonds. The lowest BCUT2D eigenvalue weighted by atomic mass is 9.79. The number of nitrogens with one attached hydrogen (secondary N) is 1. The molecule has 4 rings (SSSR count). The highest BCUT2D eigenvalue weighted by molar-refractivity contribution is 7.07. The molecule has 16 heteroatoms. The maximum atomic E-state index is 12.8. The highest BCUT2D eigenvalue weighted by atomic mass is 32.1. The lowest BCUT2D eigenvalue weighted by Crippen LogP contribution is -2.52. The number of aliphatic carboxylic acids is 2. The zero-order chi connectivity index (χ0) is 29.2. The van der Waals surface area contributed by atoms with Crippen LogP contribution in [0.1, 0.15) is 18.4 Å². The Balaban J connectivity index is 0.000000317. The zero-order valence-corrected chi connectivity index (χ0v) is 20.9. The first-order valence-corrected chi connectivity index (χ1v) is 12.3. The van der Waals surface area contributed by atoms with Crippen LogP contribution in [0.25, 0.3) is 0 Å². The number of rotatable bonds is 4. The summed E-state index contributed by atoms with van der Waals surface area (Å²) in [4.78, 5) is 37.2. The fraction of sp³-hybridized carbons (Fsp3) is 0.478. The van der Waals surface area contributed by atoms with Gasteiger partial charge in [0.2, 0.25) is 5.91 Å². The Hall–Kier alpha value is -3.24. The van der Waals surface area contributed by atoms with Crippen LogP contribution >= 0.6 is 11.3 Å². The Morgan fingerprint density at radius 2 is 1.72 bits per heavy atom. The van der Waals surface area contributed by atoms with Gasteiger partial charge < -0.3 is 20.3 Å². The first-order chi connectivity index (χ1) is 18.2. The van der Waals surface area contributed by atoms with Gasteiger partial charge in [0.15, 0.2) is 0 Å². The van der Waals surface area contributed by atoms with E-state index in [0.717, 1.165) is 38.2 Å². The molecule has 0 unspecified atom stereocenters. The molecule has 0 aliphatic carbocycles. The average molecular weight is 586 g/mol. The van der Waals surface area contributed by atoms with Gasteiger partial charge in [-0.15, -0.1) is 0 Å². The summed E-state index contributed by atoms with van der Waals surface area (Å²) < 4.78 is 69.5. The standard InChI is InChI=1S/C19H23N3O2S.2C2HF3O2/c23-19(21-15-2-1-6-20-10-15)16-4-8-24-18-3-7-22(12-17(16)18)11-14-5-9-25-13-14;2*3-2(4,5)1(6)7/h1-2,5-6,9-10,13,16-18H,3-4,7-8,11-12H2,(H,21,23);2*(H,6,7)/t16-,17-,18-;;/m1../s1. The molecule has 2 aliphatic rings. The SMILES string of the molecule is O=C(Nc1cccnc1)[C@@H]1CCO[C@@H]2CCN(Cc3ccsc3)C[C@@H]21.O=C(O)C(F)(F)F.O=C(O)C(F)(F)F. The summed E-state index contributed by atoms with van der Waals surface area (Å²) >= 11 is 1.74. The Kier molecular flexibility index (Phi) is 11.7. The Bertz CT molecular complexity index is 1040. The van der Waals surface area contributed by atoms with E-state index in [1.807, 2.05) is 12.1 Å². The van der Waals surface area contributed by atoms with E-state index in [1.165, 1.54) is 5.56 Å². The highest BCUT2D eigenvalue weighted by Gasteiger charge is 2.42. The number of piperidine rings is 1. The number of fused-ring (bicyclic) bond motifs is 1. The van der Waals surface area contributed by atoms with E-state index >= 15 is 0 Å². The predicted molar refractivity (Wildman–Crippen MR) is 126 cm³/mol. The number of ether oxygens (including phenoxy) is 1.